The number of nitrogens with zero attached hydrogens (tertiary/aromatic N) is 4. The molecule has 1 fully saturated rings. The van der Waals surface area contributed by atoms with Gasteiger partial charge in [-0.2, -0.15) is 10.2 Å². The third-order valence-corrected chi connectivity index (χ3v) is 6.54. The zero-order chi connectivity index (χ0) is 24.4. The maximum atomic E-state index is 14.0. The Morgan fingerprint density at radius 3 is 2.83 bits per heavy atom. The number of thiazole rings is 1. The van der Waals surface area contributed by atoms with Crippen LogP contribution in [0, 0.1) is 23.1 Å². The Morgan fingerprint density at radius 2 is 2.14 bits per heavy atom. The summed E-state index contributed by atoms with van der Waals surface area (Å²) < 4.78 is 30.1. The van der Waals surface area contributed by atoms with Crippen molar-refractivity contribution in [3.8, 4) is 34.7 Å². The van der Waals surface area contributed by atoms with E-state index in [1.807, 2.05) is 4.90 Å². The molecule has 4 heterocycles. The van der Waals surface area contributed by atoms with Crippen molar-refractivity contribution in [3.05, 3.63) is 53.5 Å². The number of aromatic nitrogens is 2. The number of oxazole rings is 1. The van der Waals surface area contributed by atoms with Crippen LogP contribution in [0.2, 0.25) is 0 Å². The number of nitrogens with one attached hydrogen (secondary N) is 1. The first-order valence-electron chi connectivity index (χ1n) is 10.9. The van der Waals surface area contributed by atoms with Crippen molar-refractivity contribution in [1.82, 2.24) is 9.97 Å². The summed E-state index contributed by atoms with van der Waals surface area (Å²) >= 11 is 1.28. The van der Waals surface area contributed by atoms with Crippen molar-refractivity contribution in [3.63, 3.8) is 0 Å². The van der Waals surface area contributed by atoms with Gasteiger partial charge in [-0.3, -0.25) is 4.79 Å². The molecule has 5 rings (SSSR count). The minimum Gasteiger partial charge on any atom is -0.494 e. The number of methoxy groups -OCH3 is 1. The van der Waals surface area contributed by atoms with Crippen LogP contribution in [0.1, 0.15) is 18.5 Å². The second-order valence-electron chi connectivity index (χ2n) is 7.90. The number of halogens is 1. The number of furan rings is 1. The van der Waals surface area contributed by atoms with E-state index >= 15 is 0 Å². The van der Waals surface area contributed by atoms with E-state index in [0.717, 1.165) is 0 Å². The number of amides is 1. The molecule has 1 amide bonds. The molecule has 0 atom stereocenters. The Labute approximate surface area is 203 Å². The van der Waals surface area contributed by atoms with Gasteiger partial charge in [0.05, 0.1) is 19.1 Å². The van der Waals surface area contributed by atoms with Gasteiger partial charge in [-0.25, -0.2) is 9.37 Å². The predicted molar refractivity (Wildman–Crippen MR) is 127 cm³/mol. The average molecular weight is 494 g/mol. The van der Waals surface area contributed by atoms with Crippen molar-refractivity contribution in [2.45, 2.75) is 12.8 Å². The zero-order valence-electron chi connectivity index (χ0n) is 18.7. The van der Waals surface area contributed by atoms with Crippen LogP contribution in [-0.2, 0) is 4.79 Å². The van der Waals surface area contributed by atoms with Crippen LogP contribution >= 0.6 is 11.3 Å². The highest BCUT2D eigenvalue weighted by atomic mass is 32.1. The molecule has 3 aromatic heterocycles. The molecule has 11 heteroatoms. The predicted octanol–water partition coefficient (Wildman–Crippen LogP) is 4.93. The molecule has 0 aliphatic carbocycles. The van der Waals surface area contributed by atoms with Gasteiger partial charge in [0, 0.05) is 30.0 Å². The highest BCUT2D eigenvalue weighted by Crippen LogP contribution is 2.32. The van der Waals surface area contributed by atoms with Crippen molar-refractivity contribution < 1.29 is 22.8 Å². The molecule has 0 unspecified atom stereocenters. The SMILES string of the molecule is COc1ccc(-c2csc(NC(=O)C3CCN(c4oc(-c5ccco5)nc4C#N)CC3)n2)cc1F. The Kier molecular flexibility index (Phi) is 6.20. The highest BCUT2D eigenvalue weighted by molar-refractivity contribution is 7.14. The summed E-state index contributed by atoms with van der Waals surface area (Å²) in [7, 11) is 1.41. The lowest BCUT2D eigenvalue weighted by Gasteiger charge is -2.30. The molecule has 1 saturated heterocycles. The summed E-state index contributed by atoms with van der Waals surface area (Å²) in [5.74, 6) is 0.427. The van der Waals surface area contributed by atoms with Crippen LogP contribution in [0.25, 0.3) is 22.9 Å². The number of carbonyl (C=O) groups excluding carboxylic acids is 1. The quantitative estimate of drug-likeness (QED) is 0.402. The second kappa shape index (κ2) is 9.60. The fourth-order valence-corrected chi connectivity index (χ4v) is 4.67. The van der Waals surface area contributed by atoms with E-state index in [-0.39, 0.29) is 29.2 Å². The third-order valence-electron chi connectivity index (χ3n) is 5.78. The Hall–Kier alpha value is -4.17. The average Bonchev–Trinajstić information content (AvgIpc) is 3.64. The van der Waals surface area contributed by atoms with Gasteiger partial charge in [0.25, 0.3) is 5.89 Å². The normalized spacial score (nSPS) is 14.0. The first-order chi connectivity index (χ1) is 17.1. The number of nitriles is 1. The molecule has 0 radical (unpaired) electrons. The van der Waals surface area contributed by atoms with Gasteiger partial charge in [-0.05, 0) is 43.2 Å². The van der Waals surface area contributed by atoms with Crippen LogP contribution in [0.4, 0.5) is 15.4 Å². The molecule has 9 nitrogen and oxygen atoms in total. The van der Waals surface area contributed by atoms with Gasteiger partial charge in [-0.1, -0.05) is 0 Å². The Balaban J connectivity index is 1.21. The first-order valence-corrected chi connectivity index (χ1v) is 11.7. The minimum absolute atomic E-state index is 0.124. The van der Waals surface area contributed by atoms with Gasteiger partial charge < -0.3 is 23.8 Å². The Bertz CT molecular complexity index is 1380. The van der Waals surface area contributed by atoms with Gasteiger partial charge >= 0.3 is 0 Å². The molecule has 0 spiro atoms. The summed E-state index contributed by atoms with van der Waals surface area (Å²) in [6, 6.07) is 10.1. The smallest absolute Gasteiger partial charge is 0.266 e. The largest absolute Gasteiger partial charge is 0.494 e. The number of carbonyl (C=O) groups is 1. The van der Waals surface area contributed by atoms with Crippen LogP contribution in [0.15, 0.2) is 50.8 Å². The molecular formula is C24H20FN5O4S. The number of hydrogen-bond acceptors (Lipinski definition) is 9. The summed E-state index contributed by atoms with van der Waals surface area (Å²) in [6.45, 7) is 1.07. The van der Waals surface area contributed by atoms with Gasteiger partial charge in [0.2, 0.25) is 17.5 Å². The monoisotopic (exact) mass is 493 g/mol. The van der Waals surface area contributed by atoms with Crippen LogP contribution in [0.3, 0.4) is 0 Å². The van der Waals surface area contributed by atoms with Gasteiger partial charge in [0.1, 0.15) is 6.07 Å². The molecule has 4 aromatic rings. The van der Waals surface area contributed by atoms with Gasteiger partial charge in [-0.15, -0.1) is 11.3 Å². The standard InChI is InChI=1S/C24H20FN5O4S/c1-32-19-5-4-15(11-16(19)25)18-13-35-24(28-18)29-21(31)14-6-8-30(9-7-14)23-17(12-26)27-22(34-23)20-3-2-10-33-20/h2-5,10-11,13-14H,6-9H2,1H3,(H,28,29,31). The number of anilines is 2. The van der Waals surface area contributed by atoms with E-state index < -0.39 is 5.82 Å². The van der Waals surface area contributed by atoms with Crippen molar-refractivity contribution in [2.75, 3.05) is 30.4 Å². The number of piperidine rings is 1. The van der Waals surface area contributed by atoms with Crippen molar-refractivity contribution in [2.24, 2.45) is 5.92 Å². The molecule has 1 aromatic carbocycles. The van der Waals surface area contributed by atoms with E-state index in [0.29, 0.717) is 54.0 Å². The Morgan fingerprint density at radius 1 is 1.31 bits per heavy atom. The number of ether oxygens (including phenoxy) is 1. The van der Waals surface area contributed by atoms with Crippen LogP contribution in [-0.4, -0.2) is 36.1 Å². The van der Waals surface area contributed by atoms with Crippen LogP contribution in [0.5, 0.6) is 5.75 Å². The second-order valence-corrected chi connectivity index (χ2v) is 8.76. The van der Waals surface area contributed by atoms with E-state index in [1.54, 1.807) is 29.6 Å². The highest BCUT2D eigenvalue weighted by Gasteiger charge is 2.29. The minimum atomic E-state index is -0.474. The first kappa shape index (κ1) is 22.6. The van der Waals surface area contributed by atoms with Crippen molar-refractivity contribution in [1.29, 1.82) is 5.26 Å². The molecule has 1 aliphatic rings. The summed E-state index contributed by atoms with van der Waals surface area (Å²) in [5, 5.41) is 14.6. The molecular weight excluding hydrogens is 473 g/mol. The fourth-order valence-electron chi connectivity index (χ4n) is 3.95. The van der Waals surface area contributed by atoms with Crippen molar-refractivity contribution >= 4 is 28.3 Å². The van der Waals surface area contributed by atoms with E-state index in [4.69, 9.17) is 13.6 Å². The van der Waals surface area contributed by atoms with Gasteiger partial charge in [0.15, 0.2) is 22.5 Å². The maximum Gasteiger partial charge on any atom is 0.266 e. The lowest BCUT2D eigenvalue weighted by Crippen LogP contribution is -2.38. The lowest BCUT2D eigenvalue weighted by molar-refractivity contribution is -0.120. The molecule has 1 N–H and O–H groups in total. The van der Waals surface area contributed by atoms with Crippen LogP contribution < -0.4 is 15.0 Å². The molecule has 0 bridgehead atoms. The van der Waals surface area contributed by atoms with E-state index in [1.165, 1.54) is 30.8 Å². The topological polar surface area (TPSA) is 117 Å². The molecule has 1 aliphatic heterocycles. The molecule has 0 saturated carbocycles. The summed E-state index contributed by atoms with van der Waals surface area (Å²) in [4.78, 5) is 23.4. The third kappa shape index (κ3) is 4.61. The fraction of sp³-hybridized carbons (Fsp3) is 0.250. The molecule has 35 heavy (non-hydrogen) atoms. The van der Waals surface area contributed by atoms with E-state index in [2.05, 4.69) is 21.4 Å². The lowest BCUT2D eigenvalue weighted by atomic mass is 9.96. The molecule has 178 valence electrons. The maximum absolute atomic E-state index is 14.0. The summed E-state index contributed by atoms with van der Waals surface area (Å²) in [5.41, 5.74) is 1.36. The number of rotatable bonds is 6. The summed E-state index contributed by atoms with van der Waals surface area (Å²) in [6.07, 6.45) is 2.67. The number of hydrogen-bond donors (Lipinski definition) is 1. The number of benzene rings is 1. The van der Waals surface area contributed by atoms with E-state index in [9.17, 15) is 14.4 Å². The zero-order valence-corrected chi connectivity index (χ0v) is 19.5.